The highest BCUT2D eigenvalue weighted by molar-refractivity contribution is 5.82. The highest BCUT2D eigenvalue weighted by Crippen LogP contribution is 2.50. The largest absolute Gasteiger partial charge is 0.352 e. The monoisotopic (exact) mass is 608 g/mol. The van der Waals surface area contributed by atoms with Gasteiger partial charge in [0.1, 0.15) is 11.7 Å². The molecule has 1 aromatic heterocycles. The minimum Gasteiger partial charge on any atom is -0.352 e. The van der Waals surface area contributed by atoms with Crippen molar-refractivity contribution < 1.29 is 24.3 Å². The van der Waals surface area contributed by atoms with Crippen LogP contribution in [0.15, 0.2) is 102 Å². The van der Waals surface area contributed by atoms with Crippen LogP contribution in [0, 0.1) is 30.3 Å². The van der Waals surface area contributed by atoms with Crippen molar-refractivity contribution in [2.45, 2.75) is 18.6 Å². The van der Waals surface area contributed by atoms with Crippen molar-refractivity contribution in [2.24, 2.45) is 0 Å². The van der Waals surface area contributed by atoms with Gasteiger partial charge in [0, 0.05) is 35.3 Å². The van der Waals surface area contributed by atoms with Gasteiger partial charge in [0.25, 0.3) is 22.6 Å². The standard InChI is InChI=1S/C30H20N6O9/c37-29-20-6-2-1-5-17(20)13-14-32(29)24-12-10-19(35(40)41)16-26(24)33-27-21-7-3-4-8-22(21)30(45-33)44-28(27)31-23-11-9-18(34(38)39)15-25(23)36(42)43/h1-16,27-28,30-31H/t27-,28+,30+/m1/s1. The lowest BCUT2D eigenvalue weighted by molar-refractivity contribution is -0.393. The summed E-state index contributed by atoms with van der Waals surface area (Å²) in [5, 5.41) is 40.6. The number of hydrogen-bond donors (Lipinski definition) is 1. The SMILES string of the molecule is O=c1c2ccccc2ccn1-c1ccc([N+](=O)[O-])cc1N1O[C@@H]2O[C@H](Nc3ccc([N+](=O)[O-])cc3[N+](=O)[O-])[C@H]1c1ccccc12. The summed E-state index contributed by atoms with van der Waals surface area (Å²) in [7, 11) is 0. The molecular formula is C30H20N6O9. The lowest BCUT2D eigenvalue weighted by Crippen LogP contribution is -2.53. The fourth-order valence-electron chi connectivity index (χ4n) is 5.70. The Kier molecular flexibility index (Phi) is 6.46. The maximum Gasteiger partial charge on any atom is 0.299 e. The Morgan fingerprint density at radius 1 is 0.733 bits per heavy atom. The summed E-state index contributed by atoms with van der Waals surface area (Å²) in [6.07, 6.45) is -0.529. The predicted octanol–water partition coefficient (Wildman–Crippen LogP) is 5.68. The van der Waals surface area contributed by atoms with Crippen LogP contribution in [0.2, 0.25) is 0 Å². The molecule has 8 rings (SSSR count). The molecule has 3 aliphatic rings. The first-order valence-electron chi connectivity index (χ1n) is 13.5. The number of hydrogen-bond acceptors (Lipinski definition) is 11. The van der Waals surface area contributed by atoms with E-state index in [0.717, 1.165) is 12.1 Å². The first-order chi connectivity index (χ1) is 21.7. The van der Waals surface area contributed by atoms with Gasteiger partial charge in [0.2, 0.25) is 6.29 Å². The summed E-state index contributed by atoms with van der Waals surface area (Å²) in [6.45, 7) is 0. The molecule has 1 fully saturated rings. The maximum atomic E-state index is 13.6. The van der Waals surface area contributed by atoms with Crippen molar-refractivity contribution in [1.29, 1.82) is 0 Å². The lowest BCUT2D eigenvalue weighted by atomic mass is 9.93. The number of nitro benzene ring substituents is 3. The number of benzene rings is 4. The van der Waals surface area contributed by atoms with Crippen LogP contribution in [-0.2, 0) is 9.57 Å². The fourth-order valence-corrected chi connectivity index (χ4v) is 5.70. The molecule has 0 radical (unpaired) electrons. The smallest absolute Gasteiger partial charge is 0.299 e. The number of nitrogens with one attached hydrogen (secondary N) is 1. The van der Waals surface area contributed by atoms with E-state index in [4.69, 9.17) is 9.57 Å². The minimum atomic E-state index is -1.05. The zero-order valence-corrected chi connectivity index (χ0v) is 22.9. The summed E-state index contributed by atoms with van der Waals surface area (Å²) >= 11 is 0. The van der Waals surface area contributed by atoms with E-state index in [9.17, 15) is 35.1 Å². The van der Waals surface area contributed by atoms with Crippen LogP contribution >= 0.6 is 0 Å². The average Bonchev–Trinajstić information content (AvgIpc) is 3.05. The van der Waals surface area contributed by atoms with E-state index in [-0.39, 0.29) is 28.3 Å². The maximum absolute atomic E-state index is 13.6. The molecule has 2 bridgehead atoms. The molecule has 4 heterocycles. The second-order valence-electron chi connectivity index (χ2n) is 10.3. The number of nitro groups is 3. The lowest BCUT2D eigenvalue weighted by Gasteiger charge is -2.50. The molecule has 45 heavy (non-hydrogen) atoms. The number of pyridine rings is 1. The van der Waals surface area contributed by atoms with Crippen LogP contribution in [0.5, 0.6) is 0 Å². The van der Waals surface area contributed by atoms with Crippen LogP contribution in [0.25, 0.3) is 16.5 Å². The van der Waals surface area contributed by atoms with Crippen LogP contribution in [0.1, 0.15) is 23.5 Å². The zero-order valence-electron chi connectivity index (χ0n) is 22.9. The number of ether oxygens (including phenoxy) is 1. The number of hydroxylamine groups is 1. The Labute approximate surface area is 251 Å². The molecular weight excluding hydrogens is 588 g/mol. The van der Waals surface area contributed by atoms with Gasteiger partial charge in [-0.15, -0.1) is 0 Å². The first kappa shape index (κ1) is 27.6. The third kappa shape index (κ3) is 4.59. The Hall–Kier alpha value is -6.19. The van der Waals surface area contributed by atoms with E-state index in [2.05, 4.69) is 5.32 Å². The molecule has 4 aromatic carbocycles. The number of fused-ring (bicyclic) bond motifs is 3. The second kappa shape index (κ2) is 10.5. The van der Waals surface area contributed by atoms with Gasteiger partial charge in [0.05, 0.1) is 32.2 Å². The van der Waals surface area contributed by atoms with Gasteiger partial charge in [-0.25, -0.2) is 9.90 Å². The number of nitrogens with zero attached hydrogens (tertiary/aromatic N) is 5. The predicted molar refractivity (Wildman–Crippen MR) is 160 cm³/mol. The fraction of sp³-hybridized carbons (Fsp3) is 0.100. The zero-order chi connectivity index (χ0) is 31.4. The van der Waals surface area contributed by atoms with Crippen molar-refractivity contribution in [2.75, 3.05) is 10.4 Å². The molecule has 1 saturated heterocycles. The summed E-state index contributed by atoms with van der Waals surface area (Å²) in [5.74, 6) is 0. The van der Waals surface area contributed by atoms with E-state index in [0.29, 0.717) is 21.9 Å². The Balaban J connectivity index is 1.39. The van der Waals surface area contributed by atoms with Crippen molar-refractivity contribution >= 4 is 39.2 Å². The van der Waals surface area contributed by atoms with Crippen molar-refractivity contribution in [1.82, 2.24) is 4.57 Å². The van der Waals surface area contributed by atoms with Gasteiger partial charge in [0.15, 0.2) is 6.23 Å². The van der Waals surface area contributed by atoms with Crippen LogP contribution in [0.3, 0.4) is 0 Å². The molecule has 3 atom stereocenters. The Morgan fingerprint density at radius 2 is 1.42 bits per heavy atom. The van der Waals surface area contributed by atoms with Gasteiger partial charge in [-0.1, -0.05) is 42.5 Å². The molecule has 0 spiro atoms. The van der Waals surface area contributed by atoms with E-state index in [1.807, 2.05) is 12.1 Å². The van der Waals surface area contributed by atoms with Crippen LogP contribution < -0.4 is 15.9 Å². The second-order valence-corrected chi connectivity index (χ2v) is 10.3. The molecule has 15 heteroatoms. The van der Waals surface area contributed by atoms with E-state index >= 15 is 0 Å². The highest BCUT2D eigenvalue weighted by Gasteiger charge is 2.48. The van der Waals surface area contributed by atoms with E-state index < -0.39 is 44.7 Å². The molecule has 0 unspecified atom stereocenters. The first-order valence-corrected chi connectivity index (χ1v) is 13.5. The van der Waals surface area contributed by atoms with Crippen LogP contribution in [-0.4, -0.2) is 25.6 Å². The van der Waals surface area contributed by atoms with Crippen molar-refractivity contribution in [3.8, 4) is 5.69 Å². The molecule has 3 aliphatic heterocycles. The van der Waals surface area contributed by atoms with Gasteiger partial charge in [-0.05, 0) is 35.2 Å². The normalized spacial score (nSPS) is 18.4. The quantitative estimate of drug-likeness (QED) is 0.177. The summed E-state index contributed by atoms with van der Waals surface area (Å²) < 4.78 is 7.52. The molecule has 0 amide bonds. The molecule has 5 aromatic rings. The molecule has 15 nitrogen and oxygen atoms in total. The summed E-state index contributed by atoms with van der Waals surface area (Å²) in [5.41, 5.74) is 0.127. The van der Waals surface area contributed by atoms with Crippen molar-refractivity contribution in [3.05, 3.63) is 149 Å². The number of non-ortho nitro benzene ring substituents is 2. The van der Waals surface area contributed by atoms with Crippen molar-refractivity contribution in [3.63, 3.8) is 0 Å². The third-order valence-electron chi connectivity index (χ3n) is 7.75. The van der Waals surface area contributed by atoms with Gasteiger partial charge in [-0.2, -0.15) is 0 Å². The van der Waals surface area contributed by atoms with E-state index in [1.165, 1.54) is 33.9 Å². The molecule has 0 saturated carbocycles. The van der Waals surface area contributed by atoms with Gasteiger partial charge < -0.3 is 10.1 Å². The van der Waals surface area contributed by atoms with Gasteiger partial charge in [-0.3, -0.25) is 39.7 Å². The highest BCUT2D eigenvalue weighted by atomic mass is 16.8. The topological polar surface area (TPSA) is 185 Å². The van der Waals surface area contributed by atoms with Crippen LogP contribution in [0.4, 0.5) is 28.4 Å². The Bertz CT molecular complexity index is 2120. The number of rotatable bonds is 7. The summed E-state index contributed by atoms with van der Waals surface area (Å²) in [6, 6.07) is 22.2. The minimum absolute atomic E-state index is 0.0504. The third-order valence-corrected chi connectivity index (χ3v) is 7.75. The average molecular weight is 609 g/mol. The summed E-state index contributed by atoms with van der Waals surface area (Å²) in [4.78, 5) is 52.9. The molecule has 1 N–H and O–H groups in total. The van der Waals surface area contributed by atoms with E-state index in [1.54, 1.807) is 48.7 Å². The number of aromatic nitrogens is 1. The number of anilines is 2. The Morgan fingerprint density at radius 3 is 2.18 bits per heavy atom. The van der Waals surface area contributed by atoms with Gasteiger partial charge >= 0.3 is 0 Å². The molecule has 0 aliphatic carbocycles. The molecule has 224 valence electrons.